The Kier molecular flexibility index (Phi) is 3.20. The number of pyridine rings is 1. The molecule has 2 heterocycles. The average molecular weight is 262 g/mol. The number of rotatable bonds is 3. The number of aromatic amines is 1. The van der Waals surface area contributed by atoms with E-state index in [9.17, 15) is 9.59 Å². The van der Waals surface area contributed by atoms with Crippen LogP contribution < -0.4 is 5.32 Å². The van der Waals surface area contributed by atoms with Gasteiger partial charge in [0.25, 0.3) is 5.91 Å². The molecule has 1 unspecified atom stereocenters. The van der Waals surface area contributed by atoms with Crippen LogP contribution in [-0.4, -0.2) is 38.2 Å². The predicted molar refractivity (Wildman–Crippen MR) is 67.9 cm³/mol. The van der Waals surface area contributed by atoms with Crippen molar-refractivity contribution in [1.29, 1.82) is 0 Å². The van der Waals surface area contributed by atoms with Crippen LogP contribution in [-0.2, 0) is 4.79 Å². The molecule has 0 saturated heterocycles. The van der Waals surface area contributed by atoms with Crippen LogP contribution in [0, 0.1) is 13.8 Å². The molecule has 2 aromatic rings. The number of hydrogen-bond donors (Lipinski definition) is 3. The summed E-state index contributed by atoms with van der Waals surface area (Å²) in [6, 6.07) is 0.664. The summed E-state index contributed by atoms with van der Waals surface area (Å²) in [5.74, 6) is -1.53. The lowest BCUT2D eigenvalue weighted by Crippen LogP contribution is -2.38. The second-order valence-corrected chi connectivity index (χ2v) is 4.39. The van der Waals surface area contributed by atoms with Gasteiger partial charge in [-0.1, -0.05) is 0 Å². The van der Waals surface area contributed by atoms with Crippen LogP contribution >= 0.6 is 0 Å². The van der Waals surface area contributed by atoms with Crippen LogP contribution in [0.15, 0.2) is 6.07 Å². The Balaban J connectivity index is 2.46. The summed E-state index contributed by atoms with van der Waals surface area (Å²) in [5.41, 5.74) is 2.19. The van der Waals surface area contributed by atoms with E-state index in [1.54, 1.807) is 19.9 Å². The van der Waals surface area contributed by atoms with Gasteiger partial charge in [-0.25, -0.2) is 4.98 Å². The van der Waals surface area contributed by atoms with Crippen LogP contribution in [0.2, 0.25) is 0 Å². The molecular formula is C12H14N4O3. The maximum absolute atomic E-state index is 12.1. The van der Waals surface area contributed by atoms with E-state index in [-0.39, 0.29) is 0 Å². The second-order valence-electron chi connectivity index (χ2n) is 4.39. The van der Waals surface area contributed by atoms with Crippen molar-refractivity contribution < 1.29 is 14.7 Å². The first-order chi connectivity index (χ1) is 8.90. The maximum Gasteiger partial charge on any atom is 0.325 e. The third-order valence-corrected chi connectivity index (χ3v) is 2.80. The molecule has 2 rings (SSSR count). The van der Waals surface area contributed by atoms with Crippen molar-refractivity contribution in [3.8, 4) is 0 Å². The lowest BCUT2D eigenvalue weighted by atomic mass is 10.1. The lowest BCUT2D eigenvalue weighted by Gasteiger charge is -2.10. The average Bonchev–Trinajstić information content (AvgIpc) is 2.69. The minimum Gasteiger partial charge on any atom is -0.480 e. The zero-order valence-corrected chi connectivity index (χ0v) is 10.8. The number of amides is 1. The second kappa shape index (κ2) is 4.68. The van der Waals surface area contributed by atoms with Gasteiger partial charge in [-0.05, 0) is 26.8 Å². The molecule has 7 nitrogen and oxygen atoms in total. The molecule has 0 aliphatic carbocycles. The van der Waals surface area contributed by atoms with Crippen molar-refractivity contribution in [3.05, 3.63) is 23.0 Å². The molecule has 3 N–H and O–H groups in total. The molecular weight excluding hydrogens is 248 g/mol. The highest BCUT2D eigenvalue weighted by molar-refractivity contribution is 6.07. The quantitative estimate of drug-likeness (QED) is 0.757. The number of carboxylic acid groups (broad SMARTS) is 1. The number of aliphatic carboxylic acids is 1. The monoisotopic (exact) mass is 262 g/mol. The maximum atomic E-state index is 12.1. The van der Waals surface area contributed by atoms with E-state index in [1.807, 2.05) is 0 Å². The normalized spacial score (nSPS) is 12.4. The highest BCUT2D eigenvalue weighted by Gasteiger charge is 2.20. The van der Waals surface area contributed by atoms with Gasteiger partial charge in [0.15, 0.2) is 5.65 Å². The van der Waals surface area contributed by atoms with Gasteiger partial charge in [-0.15, -0.1) is 0 Å². The van der Waals surface area contributed by atoms with Gasteiger partial charge in [-0.3, -0.25) is 14.7 Å². The minimum absolute atomic E-state index is 0.377. The fraction of sp³-hybridized carbons (Fsp3) is 0.333. The summed E-state index contributed by atoms with van der Waals surface area (Å²) in [6.45, 7) is 4.94. The predicted octanol–water partition coefficient (Wildman–Crippen LogP) is 0.778. The molecule has 0 aromatic carbocycles. The van der Waals surface area contributed by atoms with E-state index >= 15 is 0 Å². The molecule has 100 valence electrons. The number of fused-ring (bicyclic) bond motifs is 1. The molecule has 1 atom stereocenters. The van der Waals surface area contributed by atoms with E-state index in [0.717, 1.165) is 5.69 Å². The summed E-state index contributed by atoms with van der Waals surface area (Å²) in [7, 11) is 0. The van der Waals surface area contributed by atoms with Gasteiger partial charge in [0.05, 0.1) is 10.9 Å². The smallest absolute Gasteiger partial charge is 0.325 e. The molecule has 0 spiro atoms. The molecule has 1 amide bonds. The molecule has 2 aromatic heterocycles. The number of carbonyl (C=O) groups excluding carboxylic acids is 1. The van der Waals surface area contributed by atoms with Crippen molar-refractivity contribution in [2.45, 2.75) is 26.8 Å². The standard InChI is InChI=1S/C12H14N4O3/c1-5-4-8(11(17)14-7(3)12(18)19)9-6(2)15-16-10(9)13-5/h4,7H,1-3H3,(H,14,17)(H,18,19)(H,13,15,16). The Morgan fingerprint density at radius 3 is 2.74 bits per heavy atom. The fourth-order valence-corrected chi connectivity index (χ4v) is 1.82. The topological polar surface area (TPSA) is 108 Å². The molecule has 7 heteroatoms. The van der Waals surface area contributed by atoms with E-state index < -0.39 is 17.9 Å². The largest absolute Gasteiger partial charge is 0.480 e. The number of aryl methyl sites for hydroxylation is 2. The number of aromatic nitrogens is 3. The van der Waals surface area contributed by atoms with Crippen molar-refractivity contribution in [2.75, 3.05) is 0 Å². The summed E-state index contributed by atoms with van der Waals surface area (Å²) in [5, 5.41) is 18.6. The first-order valence-electron chi connectivity index (χ1n) is 5.76. The first kappa shape index (κ1) is 13.0. The highest BCUT2D eigenvalue weighted by atomic mass is 16.4. The number of hydrogen-bond acceptors (Lipinski definition) is 4. The van der Waals surface area contributed by atoms with Gasteiger partial charge in [0, 0.05) is 11.4 Å². The number of nitrogens with one attached hydrogen (secondary N) is 2. The lowest BCUT2D eigenvalue weighted by molar-refractivity contribution is -0.138. The molecule has 0 saturated carbocycles. The van der Waals surface area contributed by atoms with Crippen LogP contribution in [0.4, 0.5) is 0 Å². The van der Waals surface area contributed by atoms with Gasteiger partial charge in [0.1, 0.15) is 6.04 Å². The van der Waals surface area contributed by atoms with Crippen LogP contribution in [0.3, 0.4) is 0 Å². The molecule has 0 aliphatic heterocycles. The zero-order chi connectivity index (χ0) is 14.2. The van der Waals surface area contributed by atoms with Gasteiger partial charge < -0.3 is 10.4 Å². The van der Waals surface area contributed by atoms with E-state index in [4.69, 9.17) is 5.11 Å². The summed E-state index contributed by atoms with van der Waals surface area (Å²) >= 11 is 0. The number of H-pyrrole nitrogens is 1. The molecule has 0 bridgehead atoms. The van der Waals surface area contributed by atoms with E-state index in [2.05, 4.69) is 20.5 Å². The van der Waals surface area contributed by atoms with E-state index in [1.165, 1.54) is 6.92 Å². The van der Waals surface area contributed by atoms with Gasteiger partial charge >= 0.3 is 5.97 Å². The molecule has 0 radical (unpaired) electrons. The highest BCUT2D eigenvalue weighted by Crippen LogP contribution is 2.19. The Bertz CT molecular complexity index is 662. The van der Waals surface area contributed by atoms with Crippen LogP contribution in [0.1, 0.15) is 28.7 Å². The van der Waals surface area contributed by atoms with Crippen molar-refractivity contribution in [3.63, 3.8) is 0 Å². The molecule has 0 fully saturated rings. The van der Waals surface area contributed by atoms with Crippen molar-refractivity contribution >= 4 is 22.9 Å². The Labute approximate surface area is 109 Å². The summed E-state index contributed by atoms with van der Waals surface area (Å²) in [4.78, 5) is 27.1. The minimum atomic E-state index is -1.08. The third kappa shape index (κ3) is 2.40. The van der Waals surface area contributed by atoms with Crippen molar-refractivity contribution in [1.82, 2.24) is 20.5 Å². The number of carboxylic acids is 1. The van der Waals surface area contributed by atoms with Gasteiger partial charge in [0.2, 0.25) is 0 Å². The fourth-order valence-electron chi connectivity index (χ4n) is 1.82. The number of carbonyl (C=O) groups is 2. The Morgan fingerprint density at radius 2 is 2.11 bits per heavy atom. The Morgan fingerprint density at radius 1 is 1.42 bits per heavy atom. The molecule has 19 heavy (non-hydrogen) atoms. The molecule has 0 aliphatic rings. The Hall–Kier alpha value is -2.44. The van der Waals surface area contributed by atoms with E-state index in [0.29, 0.717) is 22.3 Å². The first-order valence-corrected chi connectivity index (χ1v) is 5.76. The van der Waals surface area contributed by atoms with Crippen molar-refractivity contribution in [2.24, 2.45) is 0 Å². The third-order valence-electron chi connectivity index (χ3n) is 2.80. The summed E-state index contributed by atoms with van der Waals surface area (Å²) in [6.07, 6.45) is 0. The van der Waals surface area contributed by atoms with Crippen LogP contribution in [0.5, 0.6) is 0 Å². The van der Waals surface area contributed by atoms with Crippen LogP contribution in [0.25, 0.3) is 11.0 Å². The summed E-state index contributed by atoms with van der Waals surface area (Å²) < 4.78 is 0. The number of nitrogens with zero attached hydrogens (tertiary/aromatic N) is 2. The zero-order valence-electron chi connectivity index (χ0n) is 10.8. The SMILES string of the molecule is Cc1cc(C(=O)NC(C)C(=O)O)c2c(C)[nH]nc2n1. The van der Waals surface area contributed by atoms with Gasteiger partial charge in [-0.2, -0.15) is 5.10 Å².